The molecule has 0 radical (unpaired) electrons. The summed E-state index contributed by atoms with van der Waals surface area (Å²) in [5.41, 5.74) is 6.82. The van der Waals surface area contributed by atoms with Gasteiger partial charge in [0.1, 0.15) is 0 Å². The third kappa shape index (κ3) is 8.33. The predicted octanol–water partition coefficient (Wildman–Crippen LogP) is 2.68. The summed E-state index contributed by atoms with van der Waals surface area (Å²) in [5, 5.41) is 3.05. The maximum Gasteiger partial charge on any atom is 0.188 e. The van der Waals surface area contributed by atoms with Crippen molar-refractivity contribution in [1.82, 2.24) is 5.32 Å². The standard InChI is InChI=1S/C13H27N3/c1-5-7-8-12(6-2)10-16-13(14)15-9-11(3)4/h12H,3,5-10H2,1-2,4H3,(H3,14,15,16). The Hall–Kier alpha value is -0.990. The molecule has 0 heterocycles. The maximum absolute atomic E-state index is 5.75. The predicted molar refractivity (Wildman–Crippen MR) is 72.6 cm³/mol. The second kappa shape index (κ2) is 9.25. The van der Waals surface area contributed by atoms with E-state index in [-0.39, 0.29) is 0 Å². The lowest BCUT2D eigenvalue weighted by molar-refractivity contribution is 0.462. The molecule has 0 aromatic carbocycles. The number of hydrogen-bond donors (Lipinski definition) is 2. The van der Waals surface area contributed by atoms with Crippen LogP contribution in [0.1, 0.15) is 46.5 Å². The molecule has 0 aliphatic heterocycles. The average Bonchev–Trinajstić information content (AvgIpc) is 2.26. The van der Waals surface area contributed by atoms with Gasteiger partial charge in [0.05, 0.1) is 0 Å². The number of nitrogens with zero attached hydrogens (tertiary/aromatic N) is 1. The number of guanidine groups is 1. The van der Waals surface area contributed by atoms with Gasteiger partial charge in [0.25, 0.3) is 0 Å². The summed E-state index contributed by atoms with van der Waals surface area (Å²) in [6.07, 6.45) is 4.97. The molecule has 0 saturated heterocycles. The highest BCUT2D eigenvalue weighted by molar-refractivity contribution is 5.78. The minimum Gasteiger partial charge on any atom is -0.370 e. The van der Waals surface area contributed by atoms with Crippen molar-refractivity contribution in [2.75, 3.05) is 13.1 Å². The molecule has 3 heteroatoms. The second-order valence-electron chi connectivity index (χ2n) is 4.45. The summed E-state index contributed by atoms with van der Waals surface area (Å²) in [7, 11) is 0. The van der Waals surface area contributed by atoms with Crippen LogP contribution in [0.25, 0.3) is 0 Å². The van der Waals surface area contributed by atoms with Crippen LogP contribution < -0.4 is 11.1 Å². The Morgan fingerprint density at radius 3 is 2.62 bits per heavy atom. The van der Waals surface area contributed by atoms with Crippen LogP contribution in [0.2, 0.25) is 0 Å². The van der Waals surface area contributed by atoms with Gasteiger partial charge in [-0.15, -0.1) is 0 Å². The Balaban J connectivity index is 3.86. The third-order valence-electron chi connectivity index (χ3n) is 2.63. The molecular weight excluding hydrogens is 198 g/mol. The van der Waals surface area contributed by atoms with Crippen LogP contribution in [0.3, 0.4) is 0 Å². The van der Waals surface area contributed by atoms with E-state index in [1.165, 1.54) is 25.7 Å². The fraction of sp³-hybridized carbons (Fsp3) is 0.769. The minimum atomic E-state index is 0.540. The van der Waals surface area contributed by atoms with Gasteiger partial charge in [-0.1, -0.05) is 45.3 Å². The lowest BCUT2D eigenvalue weighted by Gasteiger charge is -2.12. The smallest absolute Gasteiger partial charge is 0.188 e. The summed E-state index contributed by atoms with van der Waals surface area (Å²) in [5.74, 6) is 1.21. The van der Waals surface area contributed by atoms with E-state index in [0.717, 1.165) is 12.1 Å². The van der Waals surface area contributed by atoms with E-state index in [2.05, 4.69) is 30.7 Å². The number of hydrogen-bond acceptors (Lipinski definition) is 1. The maximum atomic E-state index is 5.75. The molecule has 3 N–H and O–H groups in total. The molecule has 0 amide bonds. The van der Waals surface area contributed by atoms with Gasteiger partial charge >= 0.3 is 0 Å². The molecule has 0 fully saturated rings. The molecule has 3 nitrogen and oxygen atoms in total. The highest BCUT2D eigenvalue weighted by Gasteiger charge is 2.04. The van der Waals surface area contributed by atoms with Crippen LogP contribution in [-0.4, -0.2) is 19.0 Å². The zero-order valence-corrected chi connectivity index (χ0v) is 11.1. The van der Waals surface area contributed by atoms with Crippen molar-refractivity contribution in [3.63, 3.8) is 0 Å². The van der Waals surface area contributed by atoms with Gasteiger partial charge in [-0.3, -0.25) is 4.99 Å². The Kier molecular flexibility index (Phi) is 8.68. The monoisotopic (exact) mass is 225 g/mol. The Labute approximate surface area is 100 Å². The molecule has 0 aliphatic carbocycles. The van der Waals surface area contributed by atoms with Crippen molar-refractivity contribution in [3.05, 3.63) is 12.2 Å². The summed E-state index contributed by atoms with van der Waals surface area (Å²) in [4.78, 5) is 4.36. The molecule has 0 aromatic rings. The van der Waals surface area contributed by atoms with E-state index in [1.807, 2.05) is 6.92 Å². The molecule has 16 heavy (non-hydrogen) atoms. The van der Waals surface area contributed by atoms with Crippen molar-refractivity contribution >= 4 is 5.96 Å². The van der Waals surface area contributed by atoms with Crippen LogP contribution >= 0.6 is 0 Å². The van der Waals surface area contributed by atoms with Crippen molar-refractivity contribution < 1.29 is 0 Å². The van der Waals surface area contributed by atoms with E-state index in [0.29, 0.717) is 18.4 Å². The van der Waals surface area contributed by atoms with Crippen LogP contribution in [0.15, 0.2) is 17.1 Å². The second-order valence-corrected chi connectivity index (χ2v) is 4.45. The number of aliphatic imine (C=N–C) groups is 1. The molecule has 0 spiro atoms. The van der Waals surface area contributed by atoms with Crippen molar-refractivity contribution in [1.29, 1.82) is 0 Å². The highest BCUT2D eigenvalue weighted by Crippen LogP contribution is 2.12. The first kappa shape index (κ1) is 15.0. The first-order valence-corrected chi connectivity index (χ1v) is 6.28. The van der Waals surface area contributed by atoms with E-state index in [4.69, 9.17) is 5.73 Å². The van der Waals surface area contributed by atoms with Crippen molar-refractivity contribution in [2.24, 2.45) is 16.6 Å². The molecule has 0 aromatic heterocycles. The lowest BCUT2D eigenvalue weighted by atomic mass is 10.00. The highest BCUT2D eigenvalue weighted by atomic mass is 15.1. The average molecular weight is 225 g/mol. The Morgan fingerprint density at radius 1 is 1.44 bits per heavy atom. The first-order valence-electron chi connectivity index (χ1n) is 6.28. The normalized spacial score (nSPS) is 13.6. The lowest BCUT2D eigenvalue weighted by Crippen LogP contribution is -2.33. The molecule has 0 bridgehead atoms. The van der Waals surface area contributed by atoms with Crippen LogP contribution in [0, 0.1) is 5.92 Å². The summed E-state index contributed by atoms with van der Waals surface area (Å²) < 4.78 is 0. The molecule has 1 atom stereocenters. The van der Waals surface area contributed by atoms with Gasteiger partial charge in [0.15, 0.2) is 5.96 Å². The molecular formula is C13H27N3. The topological polar surface area (TPSA) is 50.4 Å². The minimum absolute atomic E-state index is 0.540. The van der Waals surface area contributed by atoms with Gasteiger partial charge in [0, 0.05) is 13.1 Å². The van der Waals surface area contributed by atoms with E-state index in [1.54, 1.807) is 0 Å². The van der Waals surface area contributed by atoms with E-state index in [9.17, 15) is 0 Å². The number of nitrogens with two attached hydrogens (primary N) is 1. The van der Waals surface area contributed by atoms with E-state index >= 15 is 0 Å². The van der Waals surface area contributed by atoms with Gasteiger partial charge in [-0.2, -0.15) is 0 Å². The van der Waals surface area contributed by atoms with E-state index < -0.39 is 0 Å². The van der Waals surface area contributed by atoms with Crippen LogP contribution in [-0.2, 0) is 0 Å². The number of rotatable bonds is 8. The fourth-order valence-electron chi connectivity index (χ4n) is 1.44. The third-order valence-corrected chi connectivity index (χ3v) is 2.63. The van der Waals surface area contributed by atoms with Crippen LogP contribution in [0.5, 0.6) is 0 Å². The zero-order chi connectivity index (χ0) is 12.4. The number of nitrogens with one attached hydrogen (secondary N) is 1. The zero-order valence-electron chi connectivity index (χ0n) is 11.1. The van der Waals surface area contributed by atoms with Gasteiger partial charge in [-0.25, -0.2) is 0 Å². The summed E-state index contributed by atoms with van der Waals surface area (Å²) in [6.45, 7) is 11.8. The number of unbranched alkanes of at least 4 members (excludes halogenated alkanes) is 1. The molecule has 94 valence electrons. The Bertz CT molecular complexity index is 221. The largest absolute Gasteiger partial charge is 0.370 e. The van der Waals surface area contributed by atoms with Crippen LogP contribution in [0.4, 0.5) is 0 Å². The van der Waals surface area contributed by atoms with Gasteiger partial charge < -0.3 is 11.1 Å². The Morgan fingerprint density at radius 2 is 2.12 bits per heavy atom. The molecule has 1 unspecified atom stereocenters. The summed E-state index contributed by atoms with van der Waals surface area (Å²) in [6, 6.07) is 0. The SMILES string of the molecule is C=C(C)CNC(N)=NCC(CC)CCCC. The molecule has 0 saturated carbocycles. The van der Waals surface area contributed by atoms with Crippen molar-refractivity contribution in [3.8, 4) is 0 Å². The van der Waals surface area contributed by atoms with Gasteiger partial charge in [0.2, 0.25) is 0 Å². The molecule has 0 rings (SSSR count). The quantitative estimate of drug-likeness (QED) is 0.379. The van der Waals surface area contributed by atoms with Gasteiger partial charge in [-0.05, 0) is 19.3 Å². The first-order chi connectivity index (χ1) is 7.60. The summed E-state index contributed by atoms with van der Waals surface area (Å²) >= 11 is 0. The fourth-order valence-corrected chi connectivity index (χ4v) is 1.44. The molecule has 0 aliphatic rings. The van der Waals surface area contributed by atoms with Crippen molar-refractivity contribution in [2.45, 2.75) is 46.5 Å².